The molecule has 1 aromatic rings. The van der Waals surface area contributed by atoms with Gasteiger partial charge in [0.05, 0.1) is 22.7 Å². The molecule has 0 aliphatic rings. The highest BCUT2D eigenvalue weighted by Crippen LogP contribution is 2.25. The molecule has 14 heavy (non-hydrogen) atoms. The van der Waals surface area contributed by atoms with Crippen LogP contribution in [-0.4, -0.2) is 11.7 Å². The average molecular weight is 232 g/mol. The minimum atomic E-state index is -0.847. The minimum absolute atomic E-state index is 0.0194. The van der Waals surface area contributed by atoms with Gasteiger partial charge in [0, 0.05) is 4.91 Å². The van der Waals surface area contributed by atoms with Crippen LogP contribution in [0.25, 0.3) is 10.4 Å². The van der Waals surface area contributed by atoms with Crippen LogP contribution in [-0.2, 0) is 0 Å². The van der Waals surface area contributed by atoms with E-state index in [9.17, 15) is 5.11 Å². The van der Waals surface area contributed by atoms with Gasteiger partial charge in [-0.25, -0.2) is 0 Å². The summed E-state index contributed by atoms with van der Waals surface area (Å²) in [5.41, 5.74) is 8.64. The Morgan fingerprint density at radius 3 is 2.71 bits per heavy atom. The number of hydrogen-bond donors (Lipinski definition) is 1. The number of hydrogen-bond acceptors (Lipinski definition) is 2. The van der Waals surface area contributed by atoms with Crippen molar-refractivity contribution < 1.29 is 5.11 Å². The molecule has 0 fully saturated rings. The fraction of sp³-hybridized carbons (Fsp3) is 0.250. The summed E-state index contributed by atoms with van der Waals surface area (Å²) >= 11 is 11.4. The summed E-state index contributed by atoms with van der Waals surface area (Å²) in [5, 5.41) is 13.5. The third-order valence-electron chi connectivity index (χ3n) is 1.65. The van der Waals surface area contributed by atoms with Gasteiger partial charge in [0.15, 0.2) is 0 Å². The Bertz CT molecular complexity index is 377. The molecule has 0 aliphatic carbocycles. The zero-order chi connectivity index (χ0) is 10.6. The van der Waals surface area contributed by atoms with Crippen molar-refractivity contribution in [3.8, 4) is 0 Å². The predicted molar refractivity (Wildman–Crippen MR) is 55.4 cm³/mol. The predicted octanol–water partition coefficient (Wildman–Crippen LogP) is 3.34. The number of aliphatic hydroxyl groups excluding tert-OH is 1. The quantitative estimate of drug-likeness (QED) is 0.484. The Labute approximate surface area is 90.7 Å². The molecular weight excluding hydrogens is 225 g/mol. The summed E-state index contributed by atoms with van der Waals surface area (Å²) in [6.07, 6.45) is -0.847. The first-order chi connectivity index (χ1) is 6.65. The highest BCUT2D eigenvalue weighted by Gasteiger charge is 2.07. The molecular formula is C8H7Cl2N3O. The van der Waals surface area contributed by atoms with Gasteiger partial charge in [0.25, 0.3) is 0 Å². The first kappa shape index (κ1) is 11.1. The molecule has 4 nitrogen and oxygen atoms in total. The summed E-state index contributed by atoms with van der Waals surface area (Å²) in [7, 11) is 0. The monoisotopic (exact) mass is 231 g/mol. The number of azide groups is 1. The Kier molecular flexibility index (Phi) is 4.04. The summed E-state index contributed by atoms with van der Waals surface area (Å²) in [6, 6.07) is 4.76. The van der Waals surface area contributed by atoms with Crippen LogP contribution in [0, 0.1) is 0 Å². The third kappa shape index (κ3) is 2.79. The molecule has 0 bridgehead atoms. The lowest BCUT2D eigenvalue weighted by Crippen LogP contribution is -2.00. The number of aliphatic hydroxyl groups is 1. The van der Waals surface area contributed by atoms with Crippen molar-refractivity contribution in [1.82, 2.24) is 0 Å². The molecule has 0 heterocycles. The molecule has 0 spiro atoms. The Hall–Kier alpha value is -0.930. The topological polar surface area (TPSA) is 69.0 Å². The van der Waals surface area contributed by atoms with E-state index >= 15 is 0 Å². The normalized spacial score (nSPS) is 11.9. The summed E-state index contributed by atoms with van der Waals surface area (Å²) in [4.78, 5) is 2.55. The first-order valence-electron chi connectivity index (χ1n) is 3.79. The standard InChI is InChI=1S/C8H7Cl2N3O/c9-6-2-1-5(3-7(6)10)8(14)4-12-13-11/h1-3,8,14H,4H2. The average Bonchev–Trinajstić information content (AvgIpc) is 2.18. The van der Waals surface area contributed by atoms with E-state index in [-0.39, 0.29) is 6.54 Å². The van der Waals surface area contributed by atoms with Gasteiger partial charge in [-0.05, 0) is 23.2 Å². The van der Waals surface area contributed by atoms with E-state index in [1.54, 1.807) is 18.2 Å². The Balaban J connectivity index is 2.85. The molecule has 1 unspecified atom stereocenters. The van der Waals surface area contributed by atoms with Crippen LogP contribution in [0.3, 0.4) is 0 Å². The maximum Gasteiger partial charge on any atom is 0.0846 e. The van der Waals surface area contributed by atoms with Crippen LogP contribution in [0.15, 0.2) is 23.3 Å². The van der Waals surface area contributed by atoms with Crippen LogP contribution in [0.2, 0.25) is 10.0 Å². The molecule has 0 aliphatic heterocycles. The molecule has 74 valence electrons. The summed E-state index contributed by atoms with van der Waals surface area (Å²) in [5.74, 6) is 0. The number of nitrogens with zero attached hydrogens (tertiary/aromatic N) is 3. The molecule has 0 saturated carbocycles. The maximum atomic E-state index is 9.50. The van der Waals surface area contributed by atoms with Gasteiger partial charge in [-0.2, -0.15) is 0 Å². The van der Waals surface area contributed by atoms with Crippen LogP contribution >= 0.6 is 23.2 Å². The van der Waals surface area contributed by atoms with Crippen LogP contribution in [0.1, 0.15) is 11.7 Å². The molecule has 1 atom stereocenters. The molecule has 0 saturated heterocycles. The molecule has 0 amide bonds. The molecule has 1 aromatic carbocycles. The molecule has 1 N–H and O–H groups in total. The van der Waals surface area contributed by atoms with Gasteiger partial charge >= 0.3 is 0 Å². The SMILES string of the molecule is [N-]=[N+]=NCC(O)c1ccc(Cl)c(Cl)c1. The van der Waals surface area contributed by atoms with Gasteiger partial charge < -0.3 is 5.11 Å². The second kappa shape index (κ2) is 5.08. The fourth-order valence-electron chi connectivity index (χ4n) is 0.939. The molecule has 1 rings (SSSR count). The van der Waals surface area contributed by atoms with Crippen LogP contribution in [0.5, 0.6) is 0 Å². The smallest absolute Gasteiger partial charge is 0.0846 e. The van der Waals surface area contributed by atoms with E-state index in [1.165, 1.54) is 0 Å². The van der Waals surface area contributed by atoms with E-state index in [4.69, 9.17) is 28.7 Å². The number of benzene rings is 1. The highest BCUT2D eigenvalue weighted by atomic mass is 35.5. The van der Waals surface area contributed by atoms with Gasteiger partial charge in [-0.3, -0.25) is 0 Å². The van der Waals surface area contributed by atoms with Gasteiger partial charge in [-0.1, -0.05) is 34.4 Å². The van der Waals surface area contributed by atoms with E-state index in [2.05, 4.69) is 10.0 Å². The fourth-order valence-corrected chi connectivity index (χ4v) is 1.25. The zero-order valence-electron chi connectivity index (χ0n) is 7.06. The maximum absolute atomic E-state index is 9.50. The number of rotatable bonds is 3. The third-order valence-corrected chi connectivity index (χ3v) is 2.39. The van der Waals surface area contributed by atoms with Crippen molar-refractivity contribution in [3.05, 3.63) is 44.3 Å². The lowest BCUT2D eigenvalue weighted by molar-refractivity contribution is 0.187. The number of halogens is 2. The van der Waals surface area contributed by atoms with Gasteiger partial charge in [0.1, 0.15) is 0 Å². The Morgan fingerprint density at radius 2 is 2.14 bits per heavy atom. The first-order valence-corrected chi connectivity index (χ1v) is 4.54. The zero-order valence-corrected chi connectivity index (χ0v) is 8.57. The van der Waals surface area contributed by atoms with Gasteiger partial charge in [0.2, 0.25) is 0 Å². The van der Waals surface area contributed by atoms with E-state index in [0.717, 1.165) is 0 Å². The summed E-state index contributed by atoms with van der Waals surface area (Å²) in [6.45, 7) is -0.0194. The summed E-state index contributed by atoms with van der Waals surface area (Å²) < 4.78 is 0. The van der Waals surface area contributed by atoms with Crippen molar-refractivity contribution in [3.63, 3.8) is 0 Å². The lowest BCUT2D eigenvalue weighted by Gasteiger charge is -2.08. The highest BCUT2D eigenvalue weighted by molar-refractivity contribution is 6.42. The lowest BCUT2D eigenvalue weighted by atomic mass is 10.1. The Morgan fingerprint density at radius 1 is 1.43 bits per heavy atom. The van der Waals surface area contributed by atoms with Crippen molar-refractivity contribution in [2.24, 2.45) is 5.11 Å². The van der Waals surface area contributed by atoms with Crippen molar-refractivity contribution in [2.75, 3.05) is 6.54 Å². The van der Waals surface area contributed by atoms with Crippen molar-refractivity contribution in [2.45, 2.75) is 6.10 Å². The minimum Gasteiger partial charge on any atom is -0.388 e. The molecule has 6 heteroatoms. The van der Waals surface area contributed by atoms with Crippen molar-refractivity contribution in [1.29, 1.82) is 0 Å². The van der Waals surface area contributed by atoms with Gasteiger partial charge in [-0.15, -0.1) is 0 Å². The molecule has 0 radical (unpaired) electrons. The van der Waals surface area contributed by atoms with E-state index < -0.39 is 6.10 Å². The van der Waals surface area contributed by atoms with Crippen LogP contribution in [0.4, 0.5) is 0 Å². The van der Waals surface area contributed by atoms with E-state index in [1.807, 2.05) is 0 Å². The second-order valence-corrected chi connectivity index (χ2v) is 3.42. The largest absolute Gasteiger partial charge is 0.388 e. The molecule has 0 aromatic heterocycles. The van der Waals surface area contributed by atoms with Crippen molar-refractivity contribution >= 4 is 23.2 Å². The second-order valence-electron chi connectivity index (χ2n) is 2.60. The van der Waals surface area contributed by atoms with Crippen LogP contribution < -0.4 is 0 Å². The van der Waals surface area contributed by atoms with E-state index in [0.29, 0.717) is 15.6 Å².